The molecule has 0 aromatic heterocycles. The van der Waals surface area contributed by atoms with Crippen LogP contribution in [-0.2, 0) is 14.9 Å². The minimum Gasteiger partial charge on any atom is -0.379 e. The van der Waals surface area contributed by atoms with Crippen molar-refractivity contribution in [1.29, 1.82) is 0 Å². The maximum Gasteiger partial charge on any atom is 0.321 e. The van der Waals surface area contributed by atoms with Crippen molar-refractivity contribution < 1.29 is 17.9 Å². The first kappa shape index (κ1) is 20.8. The van der Waals surface area contributed by atoms with Crippen molar-refractivity contribution in [3.63, 3.8) is 0 Å². The Hall–Kier alpha value is -1.88. The van der Waals surface area contributed by atoms with Crippen molar-refractivity contribution in [2.24, 2.45) is 0 Å². The molecule has 2 aliphatic heterocycles. The van der Waals surface area contributed by atoms with Gasteiger partial charge in [-0.2, -0.15) is 17.0 Å². The lowest BCUT2D eigenvalue weighted by Crippen LogP contribution is -2.56. The largest absolute Gasteiger partial charge is 0.379 e. The Labute approximate surface area is 167 Å². The number of benzene rings is 1. The molecule has 2 saturated heterocycles. The van der Waals surface area contributed by atoms with Crippen LogP contribution in [0.25, 0.3) is 0 Å². The molecule has 2 aliphatic rings. The lowest BCUT2D eigenvalue weighted by atomic mass is 10.2. The summed E-state index contributed by atoms with van der Waals surface area (Å²) in [7, 11) is -1.49. The fraction of sp³-hybridized carbons (Fsp3) is 0.611. The van der Waals surface area contributed by atoms with Crippen LogP contribution in [0.5, 0.6) is 0 Å². The molecule has 0 aliphatic carbocycles. The van der Waals surface area contributed by atoms with E-state index in [2.05, 4.69) is 17.1 Å². The van der Waals surface area contributed by atoms with Crippen LogP contribution in [-0.4, -0.2) is 94.0 Å². The van der Waals surface area contributed by atoms with E-state index in [0.717, 1.165) is 17.9 Å². The summed E-state index contributed by atoms with van der Waals surface area (Å²) in [6, 6.07) is 7.47. The zero-order chi connectivity index (χ0) is 20.1. The molecule has 28 heavy (non-hydrogen) atoms. The van der Waals surface area contributed by atoms with Crippen molar-refractivity contribution in [3.05, 3.63) is 24.3 Å². The number of urea groups is 1. The molecule has 0 unspecified atom stereocenters. The van der Waals surface area contributed by atoms with Gasteiger partial charge in [0.1, 0.15) is 0 Å². The van der Waals surface area contributed by atoms with Crippen LogP contribution in [0.3, 0.4) is 0 Å². The van der Waals surface area contributed by atoms with Crippen LogP contribution >= 0.6 is 0 Å². The van der Waals surface area contributed by atoms with E-state index >= 15 is 0 Å². The average Bonchev–Trinajstić information content (AvgIpc) is 2.74. The quantitative estimate of drug-likeness (QED) is 0.777. The summed E-state index contributed by atoms with van der Waals surface area (Å²) in [6.45, 7) is 5.87. The summed E-state index contributed by atoms with van der Waals surface area (Å²) in [5.41, 5.74) is 1.76. The Morgan fingerprint density at radius 1 is 1.11 bits per heavy atom. The lowest BCUT2D eigenvalue weighted by molar-refractivity contribution is 0.0691. The minimum absolute atomic E-state index is 0.209. The van der Waals surface area contributed by atoms with Gasteiger partial charge in [-0.05, 0) is 25.1 Å². The highest BCUT2D eigenvalue weighted by atomic mass is 32.2. The number of nitrogens with one attached hydrogen (secondary N) is 1. The second-order valence-corrected chi connectivity index (χ2v) is 8.83. The van der Waals surface area contributed by atoms with Gasteiger partial charge in [0.2, 0.25) is 0 Å². The predicted octanol–water partition coefficient (Wildman–Crippen LogP) is 0.869. The van der Waals surface area contributed by atoms with Gasteiger partial charge in [0.25, 0.3) is 10.2 Å². The fourth-order valence-corrected chi connectivity index (χ4v) is 4.83. The van der Waals surface area contributed by atoms with E-state index in [1.807, 2.05) is 31.3 Å². The molecule has 0 spiro atoms. The lowest BCUT2D eigenvalue weighted by Gasteiger charge is -2.37. The molecular formula is C18H29N5O4S. The standard InChI is InChI=1S/C18H29N5O4S/c1-3-20(2)17-6-4-5-16(15-17)19-18(24)21-7-9-22(10-8-21)28(25,26)23-11-13-27-14-12-23/h4-6,15H,3,7-14H2,1-2H3,(H,19,24). The molecule has 2 amide bonds. The Morgan fingerprint density at radius 2 is 1.75 bits per heavy atom. The maximum absolute atomic E-state index is 12.7. The monoisotopic (exact) mass is 411 g/mol. The highest BCUT2D eigenvalue weighted by Crippen LogP contribution is 2.19. The SMILES string of the molecule is CCN(C)c1cccc(NC(=O)N2CCN(S(=O)(=O)N3CCOCC3)CC2)c1. The number of carbonyl (C=O) groups excluding carboxylic acids is 1. The predicted molar refractivity (Wildman–Crippen MR) is 109 cm³/mol. The molecule has 156 valence electrons. The van der Waals surface area contributed by atoms with Gasteiger partial charge in [-0.1, -0.05) is 6.07 Å². The summed E-state index contributed by atoms with van der Waals surface area (Å²) < 4.78 is 33.6. The third-order valence-corrected chi connectivity index (χ3v) is 7.20. The van der Waals surface area contributed by atoms with Crippen LogP contribution in [0.15, 0.2) is 24.3 Å². The highest BCUT2D eigenvalue weighted by molar-refractivity contribution is 7.86. The number of amides is 2. The van der Waals surface area contributed by atoms with E-state index in [0.29, 0.717) is 52.5 Å². The molecule has 1 aromatic carbocycles. The normalized spacial score (nSPS) is 19.4. The molecule has 0 bridgehead atoms. The molecule has 3 rings (SSSR count). The van der Waals surface area contributed by atoms with E-state index < -0.39 is 10.2 Å². The molecule has 1 aromatic rings. The van der Waals surface area contributed by atoms with E-state index in [1.165, 1.54) is 8.61 Å². The highest BCUT2D eigenvalue weighted by Gasteiger charge is 2.34. The van der Waals surface area contributed by atoms with Gasteiger partial charge >= 0.3 is 6.03 Å². The summed E-state index contributed by atoms with van der Waals surface area (Å²) in [6.07, 6.45) is 0. The van der Waals surface area contributed by atoms with Crippen molar-refractivity contribution >= 4 is 27.6 Å². The van der Waals surface area contributed by atoms with E-state index in [-0.39, 0.29) is 6.03 Å². The average molecular weight is 412 g/mol. The van der Waals surface area contributed by atoms with Gasteiger partial charge in [0.05, 0.1) is 13.2 Å². The number of piperazine rings is 1. The number of hydrogen-bond donors (Lipinski definition) is 1. The second kappa shape index (κ2) is 9.08. The van der Waals surface area contributed by atoms with Crippen molar-refractivity contribution in [2.45, 2.75) is 6.92 Å². The van der Waals surface area contributed by atoms with Crippen molar-refractivity contribution in [3.8, 4) is 0 Å². The Bertz CT molecular complexity index is 774. The van der Waals surface area contributed by atoms with Crippen LogP contribution in [0, 0.1) is 0 Å². The molecule has 2 fully saturated rings. The first-order valence-corrected chi connectivity index (χ1v) is 11.0. The minimum atomic E-state index is -3.49. The third kappa shape index (κ3) is 4.75. The zero-order valence-electron chi connectivity index (χ0n) is 16.5. The van der Waals surface area contributed by atoms with Gasteiger partial charge in [-0.15, -0.1) is 0 Å². The van der Waals surface area contributed by atoms with Crippen LogP contribution in [0.4, 0.5) is 16.2 Å². The van der Waals surface area contributed by atoms with E-state index in [9.17, 15) is 13.2 Å². The summed E-state index contributed by atoms with van der Waals surface area (Å²) in [5, 5.41) is 2.91. The zero-order valence-corrected chi connectivity index (χ0v) is 17.3. The first-order chi connectivity index (χ1) is 13.4. The number of morpholine rings is 1. The number of hydrogen-bond acceptors (Lipinski definition) is 5. The van der Waals surface area contributed by atoms with Crippen LogP contribution < -0.4 is 10.2 Å². The van der Waals surface area contributed by atoms with Gasteiger partial charge in [0.15, 0.2) is 0 Å². The summed E-state index contributed by atoms with van der Waals surface area (Å²) >= 11 is 0. The number of anilines is 2. The van der Waals surface area contributed by atoms with Gasteiger partial charge in [-0.25, -0.2) is 4.79 Å². The van der Waals surface area contributed by atoms with E-state index in [1.54, 1.807) is 4.90 Å². The molecule has 0 saturated carbocycles. The van der Waals surface area contributed by atoms with Gasteiger partial charge < -0.3 is 19.9 Å². The van der Waals surface area contributed by atoms with Gasteiger partial charge in [-0.3, -0.25) is 0 Å². The van der Waals surface area contributed by atoms with Gasteiger partial charge in [0, 0.05) is 64.2 Å². The fourth-order valence-electron chi connectivity index (χ4n) is 3.27. The third-order valence-electron chi connectivity index (χ3n) is 5.16. The maximum atomic E-state index is 12.7. The van der Waals surface area contributed by atoms with E-state index in [4.69, 9.17) is 4.74 Å². The van der Waals surface area contributed by atoms with Crippen LogP contribution in [0.2, 0.25) is 0 Å². The molecule has 0 radical (unpaired) electrons. The second-order valence-electron chi connectivity index (χ2n) is 6.90. The van der Waals surface area contributed by atoms with Crippen molar-refractivity contribution in [1.82, 2.24) is 13.5 Å². The number of nitrogens with zero attached hydrogens (tertiary/aromatic N) is 4. The molecule has 1 N–H and O–H groups in total. The number of rotatable bonds is 5. The summed E-state index contributed by atoms with van der Waals surface area (Å²) in [5.74, 6) is 0. The molecular weight excluding hydrogens is 382 g/mol. The van der Waals surface area contributed by atoms with Crippen molar-refractivity contribution in [2.75, 3.05) is 76.3 Å². The Balaban J connectivity index is 1.55. The molecule has 2 heterocycles. The summed E-state index contributed by atoms with van der Waals surface area (Å²) in [4.78, 5) is 16.3. The molecule has 0 atom stereocenters. The number of carbonyl (C=O) groups is 1. The Kier molecular flexibility index (Phi) is 6.76. The molecule has 10 heteroatoms. The van der Waals surface area contributed by atoms with Crippen LogP contribution in [0.1, 0.15) is 6.92 Å². The smallest absolute Gasteiger partial charge is 0.321 e. The number of ether oxygens (including phenoxy) is 1. The first-order valence-electron chi connectivity index (χ1n) is 9.62. The Morgan fingerprint density at radius 3 is 2.39 bits per heavy atom. The topological polar surface area (TPSA) is 85.4 Å². The molecule has 9 nitrogen and oxygen atoms in total.